The van der Waals surface area contributed by atoms with Crippen molar-refractivity contribution in [3.63, 3.8) is 0 Å². The monoisotopic (exact) mass is 644 g/mol. The van der Waals surface area contributed by atoms with Crippen molar-refractivity contribution in [3.8, 4) is 5.69 Å². The number of para-hydroxylation sites is 2. The molecular weight excluding hydrogens is 613 g/mol. The zero-order valence-electron chi connectivity index (χ0n) is 26.8. The van der Waals surface area contributed by atoms with Crippen LogP contribution >= 0.6 is 11.3 Å². The molecule has 2 aromatic heterocycles. The maximum absolute atomic E-state index is 2.43. The van der Waals surface area contributed by atoms with Crippen molar-refractivity contribution in [2.45, 2.75) is 12.3 Å². The average Bonchev–Trinajstić information content (AvgIpc) is 3.69. The molecule has 1 unspecified atom stereocenters. The van der Waals surface area contributed by atoms with E-state index in [0.717, 1.165) is 29.2 Å². The smallest absolute Gasteiger partial charge is 0.0555 e. The molecular formula is C46H32N2S. The van der Waals surface area contributed by atoms with Gasteiger partial charge in [-0.25, -0.2) is 0 Å². The van der Waals surface area contributed by atoms with Gasteiger partial charge >= 0.3 is 0 Å². The summed E-state index contributed by atoms with van der Waals surface area (Å²) in [5.74, 6) is 0.345. The molecule has 7 aromatic carbocycles. The summed E-state index contributed by atoms with van der Waals surface area (Å²) in [5.41, 5.74) is 11.1. The van der Waals surface area contributed by atoms with Gasteiger partial charge in [-0.1, -0.05) is 103 Å². The van der Waals surface area contributed by atoms with Crippen molar-refractivity contribution in [3.05, 3.63) is 187 Å². The van der Waals surface area contributed by atoms with Gasteiger partial charge < -0.3 is 9.47 Å². The number of hydrogen-bond acceptors (Lipinski definition) is 2. The number of fused-ring (bicyclic) bond motifs is 7. The third kappa shape index (κ3) is 4.69. The largest absolute Gasteiger partial charge is 0.310 e. The minimum absolute atomic E-state index is 0.345. The predicted molar refractivity (Wildman–Crippen MR) is 210 cm³/mol. The van der Waals surface area contributed by atoms with Crippen LogP contribution in [-0.2, 0) is 6.42 Å². The first-order valence-electron chi connectivity index (χ1n) is 16.9. The summed E-state index contributed by atoms with van der Waals surface area (Å²) in [6.45, 7) is 0. The van der Waals surface area contributed by atoms with Gasteiger partial charge in [0.15, 0.2) is 0 Å². The molecule has 1 aliphatic carbocycles. The van der Waals surface area contributed by atoms with Gasteiger partial charge in [-0.05, 0) is 95.9 Å². The Labute approximate surface area is 289 Å². The van der Waals surface area contributed by atoms with Crippen molar-refractivity contribution in [1.29, 1.82) is 0 Å². The van der Waals surface area contributed by atoms with E-state index in [1.807, 2.05) is 11.3 Å². The molecule has 0 spiro atoms. The van der Waals surface area contributed by atoms with Crippen LogP contribution in [0.25, 0.3) is 53.7 Å². The molecule has 2 nitrogen and oxygen atoms in total. The van der Waals surface area contributed by atoms with Crippen LogP contribution in [0.1, 0.15) is 22.6 Å². The van der Waals surface area contributed by atoms with Gasteiger partial charge in [0.25, 0.3) is 0 Å². The maximum Gasteiger partial charge on any atom is 0.0555 e. The highest BCUT2D eigenvalue weighted by Crippen LogP contribution is 2.42. The first-order valence-corrected chi connectivity index (χ1v) is 17.8. The zero-order chi connectivity index (χ0) is 32.3. The Kier molecular flexibility index (Phi) is 6.53. The Balaban J connectivity index is 1.08. The lowest BCUT2D eigenvalue weighted by atomic mass is 9.85. The lowest BCUT2D eigenvalue weighted by Crippen LogP contribution is -2.11. The second kappa shape index (κ2) is 11.4. The van der Waals surface area contributed by atoms with Crippen LogP contribution in [0.15, 0.2) is 170 Å². The molecule has 0 N–H and O–H groups in total. The summed E-state index contributed by atoms with van der Waals surface area (Å²) in [6, 6.07) is 60.0. The van der Waals surface area contributed by atoms with Crippen LogP contribution in [0.4, 0.5) is 17.1 Å². The number of benzene rings is 7. The molecule has 0 aliphatic heterocycles. The highest BCUT2D eigenvalue weighted by atomic mass is 32.1. The van der Waals surface area contributed by atoms with Crippen molar-refractivity contribution >= 4 is 76.5 Å². The normalized spacial score (nSPS) is 14.2. The number of allylic oxidation sites excluding steroid dienone is 1. The Hall–Kier alpha value is -5.90. The molecule has 0 saturated heterocycles. The van der Waals surface area contributed by atoms with Gasteiger partial charge in [-0.15, -0.1) is 11.3 Å². The van der Waals surface area contributed by atoms with E-state index in [9.17, 15) is 0 Å². The third-order valence-corrected chi connectivity index (χ3v) is 11.2. The Bertz CT molecular complexity index is 2700. The van der Waals surface area contributed by atoms with Gasteiger partial charge in [0.05, 0.1) is 11.0 Å². The minimum atomic E-state index is 0.345. The Morgan fingerprint density at radius 3 is 2.14 bits per heavy atom. The van der Waals surface area contributed by atoms with Gasteiger partial charge in [0.1, 0.15) is 0 Å². The second-order valence-corrected chi connectivity index (χ2v) is 14.1. The van der Waals surface area contributed by atoms with Crippen LogP contribution in [0.2, 0.25) is 0 Å². The van der Waals surface area contributed by atoms with E-state index in [0.29, 0.717) is 5.92 Å². The Morgan fingerprint density at radius 2 is 1.24 bits per heavy atom. The number of anilines is 3. The van der Waals surface area contributed by atoms with E-state index in [4.69, 9.17) is 0 Å². The van der Waals surface area contributed by atoms with E-state index in [2.05, 4.69) is 185 Å². The first kappa shape index (κ1) is 28.1. The maximum atomic E-state index is 2.43. The molecule has 9 aromatic rings. The fourth-order valence-electron chi connectivity index (χ4n) is 7.77. The van der Waals surface area contributed by atoms with Crippen LogP contribution in [0.5, 0.6) is 0 Å². The fourth-order valence-corrected chi connectivity index (χ4v) is 8.89. The molecule has 232 valence electrons. The third-order valence-electron chi connectivity index (χ3n) is 10.1. The summed E-state index contributed by atoms with van der Waals surface area (Å²) in [4.78, 5) is 2.38. The van der Waals surface area contributed by atoms with Crippen molar-refractivity contribution in [1.82, 2.24) is 4.57 Å². The van der Waals surface area contributed by atoms with E-state index in [-0.39, 0.29) is 0 Å². The predicted octanol–water partition coefficient (Wildman–Crippen LogP) is 13.0. The van der Waals surface area contributed by atoms with Crippen molar-refractivity contribution in [2.24, 2.45) is 0 Å². The number of aromatic nitrogens is 1. The van der Waals surface area contributed by atoms with E-state index < -0.39 is 0 Å². The molecule has 2 heterocycles. The highest BCUT2D eigenvalue weighted by molar-refractivity contribution is 7.25. The quantitative estimate of drug-likeness (QED) is 0.181. The highest BCUT2D eigenvalue weighted by Gasteiger charge is 2.20. The number of rotatable bonds is 5. The first-order chi connectivity index (χ1) is 24.3. The molecule has 3 heteroatoms. The summed E-state index contributed by atoms with van der Waals surface area (Å²) in [5, 5.41) is 5.23. The second-order valence-electron chi connectivity index (χ2n) is 13.0. The standard InChI is InChI=1S/C46H32N2S/c1-2-14-35(15-3-1)47(38-16-10-13-33(28-38)34-22-21-31-11-4-5-12-32(31)27-34)36-23-25-37(26-24-36)48-43-19-8-6-17-39(43)41-29-42-40-18-7-9-20-45(40)49-46(42)30-44(41)48/h1-26,28-30,34H,27H2. The van der Waals surface area contributed by atoms with Gasteiger partial charge in [0.2, 0.25) is 0 Å². The topological polar surface area (TPSA) is 8.17 Å². The molecule has 0 saturated carbocycles. The molecule has 1 atom stereocenters. The average molecular weight is 645 g/mol. The number of thiophene rings is 1. The molecule has 1 aliphatic rings. The van der Waals surface area contributed by atoms with Crippen LogP contribution < -0.4 is 4.90 Å². The molecule has 0 amide bonds. The molecule has 49 heavy (non-hydrogen) atoms. The lowest BCUT2D eigenvalue weighted by molar-refractivity contribution is 0.827. The molecule has 0 radical (unpaired) electrons. The van der Waals surface area contributed by atoms with Gasteiger partial charge in [0, 0.05) is 59.6 Å². The van der Waals surface area contributed by atoms with Crippen molar-refractivity contribution < 1.29 is 0 Å². The zero-order valence-corrected chi connectivity index (χ0v) is 27.6. The van der Waals surface area contributed by atoms with Crippen LogP contribution in [0, 0.1) is 0 Å². The fraction of sp³-hybridized carbons (Fsp3) is 0.0435. The van der Waals surface area contributed by atoms with Crippen LogP contribution in [-0.4, -0.2) is 4.57 Å². The Morgan fingerprint density at radius 1 is 0.510 bits per heavy atom. The molecule has 0 fully saturated rings. The van der Waals surface area contributed by atoms with Crippen molar-refractivity contribution in [2.75, 3.05) is 4.90 Å². The van der Waals surface area contributed by atoms with Crippen LogP contribution in [0.3, 0.4) is 0 Å². The summed E-state index contributed by atoms with van der Waals surface area (Å²) < 4.78 is 5.08. The van der Waals surface area contributed by atoms with E-state index >= 15 is 0 Å². The lowest BCUT2D eigenvalue weighted by Gasteiger charge is -2.27. The summed E-state index contributed by atoms with van der Waals surface area (Å²) in [6.07, 6.45) is 5.66. The van der Waals surface area contributed by atoms with E-state index in [1.54, 1.807) is 0 Å². The van der Waals surface area contributed by atoms with Gasteiger partial charge in [-0.3, -0.25) is 0 Å². The SMILES string of the molecule is C1=CC(c2cccc(N(c3ccccc3)c3ccc(-n4c5ccccc5c5cc6c(cc54)sc4ccccc46)cc3)c2)Cc2ccccc21. The summed E-state index contributed by atoms with van der Waals surface area (Å²) in [7, 11) is 0. The number of nitrogens with zero attached hydrogens (tertiary/aromatic N) is 2. The number of hydrogen-bond donors (Lipinski definition) is 0. The minimum Gasteiger partial charge on any atom is -0.310 e. The van der Waals surface area contributed by atoms with Gasteiger partial charge in [-0.2, -0.15) is 0 Å². The molecule has 0 bridgehead atoms. The van der Waals surface area contributed by atoms with E-state index in [1.165, 1.54) is 58.7 Å². The molecule has 10 rings (SSSR count). The summed E-state index contributed by atoms with van der Waals surface area (Å²) >= 11 is 1.88.